The molecule has 3 aromatic rings. The van der Waals surface area contributed by atoms with E-state index in [1.807, 2.05) is 31.5 Å². The lowest BCUT2D eigenvalue weighted by molar-refractivity contribution is -0.138. The largest absolute Gasteiger partial charge is 0.382 e. The van der Waals surface area contributed by atoms with E-state index in [9.17, 15) is 9.59 Å². The van der Waals surface area contributed by atoms with Gasteiger partial charge < -0.3 is 19.5 Å². The van der Waals surface area contributed by atoms with Crippen LogP contribution in [-0.4, -0.2) is 53.3 Å². The lowest BCUT2D eigenvalue weighted by Gasteiger charge is -2.29. The van der Waals surface area contributed by atoms with Crippen molar-refractivity contribution in [3.8, 4) is 0 Å². The molecule has 1 atom stereocenters. The molecule has 4 rings (SSSR count). The molecule has 6 nitrogen and oxygen atoms in total. The van der Waals surface area contributed by atoms with Crippen LogP contribution >= 0.6 is 23.1 Å². The summed E-state index contributed by atoms with van der Waals surface area (Å²) in [6.07, 6.45) is 1.47. The van der Waals surface area contributed by atoms with Gasteiger partial charge in [-0.1, -0.05) is 30.0 Å². The Kier molecular flexibility index (Phi) is 7.55. The van der Waals surface area contributed by atoms with Crippen LogP contribution < -0.4 is 5.32 Å². The van der Waals surface area contributed by atoms with Crippen molar-refractivity contribution in [1.29, 1.82) is 0 Å². The van der Waals surface area contributed by atoms with Gasteiger partial charge >= 0.3 is 0 Å². The van der Waals surface area contributed by atoms with Crippen LogP contribution in [0.25, 0.3) is 10.9 Å². The number of ether oxygens (including phenoxy) is 1. The van der Waals surface area contributed by atoms with E-state index >= 15 is 0 Å². The number of benzene rings is 1. The summed E-state index contributed by atoms with van der Waals surface area (Å²) in [4.78, 5) is 28.5. The third-order valence-electron chi connectivity index (χ3n) is 5.77. The highest BCUT2D eigenvalue weighted by Gasteiger charge is 2.38. The maximum Gasteiger partial charge on any atom is 0.247 e. The fraction of sp³-hybridized carbons (Fsp3) is 0.417. The number of thiophene rings is 1. The third-order valence-corrected chi connectivity index (χ3v) is 7.66. The number of fused-ring (bicyclic) bond motifs is 3. The van der Waals surface area contributed by atoms with E-state index in [-0.39, 0.29) is 11.8 Å². The second kappa shape index (κ2) is 10.6. The predicted molar refractivity (Wildman–Crippen MR) is 130 cm³/mol. The number of amides is 2. The first-order valence-electron chi connectivity index (χ1n) is 11.0. The molecule has 2 amide bonds. The number of carbonyl (C=O) groups excluding carboxylic acids is 2. The van der Waals surface area contributed by atoms with E-state index in [1.54, 1.807) is 16.2 Å². The minimum atomic E-state index is -0.649. The van der Waals surface area contributed by atoms with Crippen LogP contribution in [0.3, 0.4) is 0 Å². The van der Waals surface area contributed by atoms with E-state index in [0.717, 1.165) is 34.3 Å². The zero-order valence-electron chi connectivity index (χ0n) is 18.5. The Morgan fingerprint density at radius 3 is 2.91 bits per heavy atom. The highest BCUT2D eigenvalue weighted by Crippen LogP contribution is 2.41. The highest BCUT2D eigenvalue weighted by molar-refractivity contribution is 8.00. The van der Waals surface area contributed by atoms with Crippen molar-refractivity contribution in [2.24, 2.45) is 7.05 Å². The summed E-state index contributed by atoms with van der Waals surface area (Å²) in [5.74, 6) is 0.204. The summed E-state index contributed by atoms with van der Waals surface area (Å²) < 4.78 is 7.51. The first-order valence-corrected chi connectivity index (χ1v) is 12.9. The number of thioether (sulfide) groups is 1. The second-order valence-electron chi connectivity index (χ2n) is 7.80. The van der Waals surface area contributed by atoms with Crippen LogP contribution in [0.2, 0.25) is 0 Å². The van der Waals surface area contributed by atoms with Crippen LogP contribution in [0.1, 0.15) is 30.5 Å². The Bertz CT molecular complexity index is 1080. The lowest BCUT2D eigenvalue weighted by Crippen LogP contribution is -2.45. The quantitative estimate of drug-likeness (QED) is 0.479. The molecular weight excluding hydrogens is 442 g/mol. The number of nitrogens with zero attached hydrogens (tertiary/aromatic N) is 2. The van der Waals surface area contributed by atoms with Crippen molar-refractivity contribution >= 4 is 45.8 Å². The number of rotatable bonds is 9. The van der Waals surface area contributed by atoms with Crippen molar-refractivity contribution < 1.29 is 14.3 Å². The van der Waals surface area contributed by atoms with Crippen molar-refractivity contribution in [3.05, 3.63) is 52.2 Å². The molecule has 8 heteroatoms. The fourth-order valence-electron chi connectivity index (χ4n) is 4.19. The lowest BCUT2D eigenvalue weighted by atomic mass is 10.0. The molecule has 0 radical (unpaired) electrons. The van der Waals surface area contributed by atoms with Gasteiger partial charge in [-0.2, -0.15) is 11.3 Å². The van der Waals surface area contributed by atoms with Crippen LogP contribution in [-0.2, 0) is 27.8 Å². The maximum atomic E-state index is 13.6. The summed E-state index contributed by atoms with van der Waals surface area (Å²) in [5.41, 5.74) is 3.20. The summed E-state index contributed by atoms with van der Waals surface area (Å²) in [6.45, 7) is 4.27. The van der Waals surface area contributed by atoms with Crippen LogP contribution in [0.4, 0.5) is 0 Å². The Hall–Kier alpha value is -2.29. The maximum absolute atomic E-state index is 13.6. The second-order valence-corrected chi connectivity index (χ2v) is 9.54. The summed E-state index contributed by atoms with van der Waals surface area (Å²) in [7, 11) is 2.01. The molecule has 2 aromatic heterocycles. The molecule has 1 N–H and O–H groups in total. The van der Waals surface area contributed by atoms with Gasteiger partial charge in [0.15, 0.2) is 0 Å². The standard InChI is InChI=1S/C24H29N3O3S2/c1-3-30-13-6-11-25-23(29)22-21-18-7-4-5-8-19(18)26(2)24(21)32-16-20(28)27(22)12-9-17-10-14-31-15-17/h4-5,7-8,10,14-15,22H,3,6,9,11-13,16H2,1-2H3,(H,25,29)/t22-/m0/s1. The smallest absolute Gasteiger partial charge is 0.247 e. The number of carbonyl (C=O) groups is 2. The highest BCUT2D eigenvalue weighted by atomic mass is 32.2. The molecule has 0 saturated carbocycles. The topological polar surface area (TPSA) is 63.6 Å². The number of nitrogens with one attached hydrogen (secondary N) is 1. The van der Waals surface area contributed by atoms with Gasteiger partial charge in [0.1, 0.15) is 6.04 Å². The van der Waals surface area contributed by atoms with Crippen LogP contribution in [0.15, 0.2) is 46.1 Å². The minimum Gasteiger partial charge on any atom is -0.382 e. The first kappa shape index (κ1) is 22.9. The van der Waals surface area contributed by atoms with Gasteiger partial charge in [-0.15, -0.1) is 0 Å². The van der Waals surface area contributed by atoms with Gasteiger partial charge in [0.25, 0.3) is 0 Å². The summed E-state index contributed by atoms with van der Waals surface area (Å²) >= 11 is 3.17. The Morgan fingerprint density at radius 2 is 2.12 bits per heavy atom. The molecule has 0 bridgehead atoms. The van der Waals surface area contributed by atoms with Crippen molar-refractivity contribution in [2.45, 2.75) is 30.8 Å². The van der Waals surface area contributed by atoms with Gasteiger partial charge in [0.05, 0.1) is 10.8 Å². The molecule has 1 aliphatic rings. The Labute approximate surface area is 196 Å². The molecule has 1 aromatic carbocycles. The van der Waals surface area contributed by atoms with E-state index in [1.165, 1.54) is 17.3 Å². The zero-order valence-corrected chi connectivity index (χ0v) is 20.1. The molecule has 0 spiro atoms. The molecule has 0 saturated heterocycles. The minimum absolute atomic E-state index is 0.0000213. The monoisotopic (exact) mass is 471 g/mol. The first-order chi connectivity index (χ1) is 15.6. The van der Waals surface area contributed by atoms with E-state index in [0.29, 0.717) is 32.1 Å². The summed E-state index contributed by atoms with van der Waals surface area (Å²) in [6, 6.07) is 9.55. The SMILES string of the molecule is CCOCCCNC(=O)[C@@H]1c2c(n(C)c3ccccc23)SCC(=O)N1CCc1ccsc1. The molecule has 0 aliphatic carbocycles. The van der Waals surface area contributed by atoms with E-state index < -0.39 is 6.04 Å². The normalized spacial score (nSPS) is 16.2. The van der Waals surface area contributed by atoms with Gasteiger partial charge in [-0.05, 0) is 48.2 Å². The number of hydrogen-bond acceptors (Lipinski definition) is 5. The number of aryl methyl sites for hydroxylation is 1. The number of para-hydroxylation sites is 1. The molecule has 3 heterocycles. The molecule has 32 heavy (non-hydrogen) atoms. The third kappa shape index (κ3) is 4.72. The summed E-state index contributed by atoms with van der Waals surface area (Å²) in [5, 5.41) is 9.23. The Morgan fingerprint density at radius 1 is 1.28 bits per heavy atom. The Balaban J connectivity index is 1.68. The van der Waals surface area contributed by atoms with Gasteiger partial charge in [-0.25, -0.2) is 0 Å². The molecule has 170 valence electrons. The fourth-order valence-corrected chi connectivity index (χ4v) is 5.99. The average Bonchev–Trinajstić information content (AvgIpc) is 3.38. The number of aromatic nitrogens is 1. The zero-order chi connectivity index (χ0) is 22.5. The van der Waals surface area contributed by atoms with E-state index in [4.69, 9.17) is 4.74 Å². The van der Waals surface area contributed by atoms with Crippen LogP contribution in [0, 0.1) is 0 Å². The average molecular weight is 472 g/mol. The molecule has 0 unspecified atom stereocenters. The van der Waals surface area contributed by atoms with Gasteiger partial charge in [0.2, 0.25) is 11.8 Å². The van der Waals surface area contributed by atoms with E-state index in [2.05, 4.69) is 33.5 Å². The molecular formula is C24H29N3O3S2. The molecule has 0 fully saturated rings. The van der Waals surface area contributed by atoms with Crippen molar-refractivity contribution in [1.82, 2.24) is 14.8 Å². The van der Waals surface area contributed by atoms with Crippen LogP contribution in [0.5, 0.6) is 0 Å². The number of hydrogen-bond donors (Lipinski definition) is 1. The van der Waals surface area contributed by atoms with Gasteiger partial charge in [0, 0.05) is 49.8 Å². The molecule has 1 aliphatic heterocycles. The van der Waals surface area contributed by atoms with Crippen molar-refractivity contribution in [3.63, 3.8) is 0 Å². The predicted octanol–water partition coefficient (Wildman–Crippen LogP) is 4.00. The van der Waals surface area contributed by atoms with Gasteiger partial charge in [-0.3, -0.25) is 9.59 Å². The van der Waals surface area contributed by atoms with Crippen molar-refractivity contribution in [2.75, 3.05) is 32.1 Å².